The van der Waals surface area contributed by atoms with E-state index in [1.54, 1.807) is 18.3 Å². The third kappa shape index (κ3) is 2.93. The molecule has 3 heterocycles. The largest absolute Gasteiger partial charge is 0.332 e. The SMILES string of the molecule is Clc1ccc(-c2nc(C3CCCCCN3)no2)nc1. The second-order valence-electron chi connectivity index (χ2n) is 4.68. The van der Waals surface area contributed by atoms with Gasteiger partial charge in [-0.25, -0.2) is 4.98 Å². The minimum absolute atomic E-state index is 0.187. The van der Waals surface area contributed by atoms with Crippen LogP contribution < -0.4 is 5.32 Å². The Morgan fingerprint density at radius 1 is 1.26 bits per heavy atom. The van der Waals surface area contributed by atoms with Crippen LogP contribution in [0, 0.1) is 0 Å². The van der Waals surface area contributed by atoms with Crippen LogP contribution in [0.2, 0.25) is 5.02 Å². The number of halogens is 1. The first kappa shape index (κ1) is 12.6. The van der Waals surface area contributed by atoms with Gasteiger partial charge in [-0.2, -0.15) is 4.98 Å². The predicted molar refractivity (Wildman–Crippen MR) is 71.8 cm³/mol. The van der Waals surface area contributed by atoms with Crippen molar-refractivity contribution in [2.75, 3.05) is 6.54 Å². The van der Waals surface area contributed by atoms with Crippen LogP contribution in [0.15, 0.2) is 22.9 Å². The van der Waals surface area contributed by atoms with Crippen LogP contribution >= 0.6 is 11.6 Å². The molecule has 0 bridgehead atoms. The van der Waals surface area contributed by atoms with E-state index in [-0.39, 0.29) is 6.04 Å². The Morgan fingerprint density at radius 2 is 2.21 bits per heavy atom. The van der Waals surface area contributed by atoms with Crippen molar-refractivity contribution in [3.8, 4) is 11.6 Å². The first-order valence-electron chi connectivity index (χ1n) is 6.52. The maximum atomic E-state index is 5.81. The first-order valence-corrected chi connectivity index (χ1v) is 6.89. The van der Waals surface area contributed by atoms with E-state index < -0.39 is 0 Å². The Labute approximate surface area is 116 Å². The van der Waals surface area contributed by atoms with Gasteiger partial charge in [-0.15, -0.1) is 0 Å². The molecule has 1 fully saturated rings. The molecule has 19 heavy (non-hydrogen) atoms. The number of nitrogens with zero attached hydrogens (tertiary/aromatic N) is 3. The standard InChI is InChI=1S/C13H15ClN4O/c14-9-5-6-11(16-8-9)13-17-12(18-19-13)10-4-2-1-3-7-15-10/h5-6,8,10,15H,1-4,7H2. The zero-order valence-electron chi connectivity index (χ0n) is 10.5. The molecular formula is C13H15ClN4O. The minimum Gasteiger partial charge on any atom is -0.332 e. The van der Waals surface area contributed by atoms with Gasteiger partial charge in [0.25, 0.3) is 5.89 Å². The smallest absolute Gasteiger partial charge is 0.276 e. The number of rotatable bonds is 2. The highest BCUT2D eigenvalue weighted by atomic mass is 35.5. The lowest BCUT2D eigenvalue weighted by Gasteiger charge is -2.09. The van der Waals surface area contributed by atoms with Gasteiger partial charge in [0.05, 0.1) is 11.1 Å². The second kappa shape index (κ2) is 5.67. The van der Waals surface area contributed by atoms with Gasteiger partial charge in [-0.3, -0.25) is 0 Å². The zero-order chi connectivity index (χ0) is 13.1. The monoisotopic (exact) mass is 278 g/mol. The topological polar surface area (TPSA) is 63.8 Å². The highest BCUT2D eigenvalue weighted by Crippen LogP contribution is 2.23. The molecule has 0 aromatic carbocycles. The van der Waals surface area contributed by atoms with Crippen LogP contribution in [-0.4, -0.2) is 21.7 Å². The molecule has 0 spiro atoms. The Hall–Kier alpha value is -1.46. The molecule has 3 rings (SSSR count). The molecule has 2 aromatic heterocycles. The summed E-state index contributed by atoms with van der Waals surface area (Å²) in [5, 5.41) is 8.10. The van der Waals surface area contributed by atoms with E-state index in [0.717, 1.165) is 13.0 Å². The molecule has 0 amide bonds. The van der Waals surface area contributed by atoms with Gasteiger partial charge >= 0.3 is 0 Å². The molecule has 0 aliphatic carbocycles. The van der Waals surface area contributed by atoms with Crippen molar-refractivity contribution < 1.29 is 4.52 Å². The summed E-state index contributed by atoms with van der Waals surface area (Å²) in [6, 6.07) is 3.73. The third-order valence-electron chi connectivity index (χ3n) is 3.26. The highest BCUT2D eigenvalue weighted by molar-refractivity contribution is 6.30. The second-order valence-corrected chi connectivity index (χ2v) is 5.11. The van der Waals surface area contributed by atoms with E-state index in [0.29, 0.717) is 22.4 Å². The number of hydrogen-bond donors (Lipinski definition) is 1. The van der Waals surface area contributed by atoms with Gasteiger partial charge in [0.2, 0.25) is 0 Å². The molecule has 1 saturated heterocycles. The maximum absolute atomic E-state index is 5.81. The molecule has 1 N–H and O–H groups in total. The summed E-state index contributed by atoms with van der Waals surface area (Å²) >= 11 is 5.81. The fourth-order valence-electron chi connectivity index (χ4n) is 2.23. The van der Waals surface area contributed by atoms with Gasteiger partial charge < -0.3 is 9.84 Å². The van der Waals surface area contributed by atoms with E-state index in [1.807, 2.05) is 0 Å². The molecule has 1 aliphatic rings. The quantitative estimate of drug-likeness (QED) is 0.915. The van der Waals surface area contributed by atoms with Crippen molar-refractivity contribution in [1.29, 1.82) is 0 Å². The Bertz CT molecular complexity index is 532. The van der Waals surface area contributed by atoms with Crippen LogP contribution in [-0.2, 0) is 0 Å². The van der Waals surface area contributed by atoms with Crippen molar-refractivity contribution in [2.24, 2.45) is 0 Å². The van der Waals surface area contributed by atoms with Gasteiger partial charge in [-0.1, -0.05) is 29.6 Å². The fourth-order valence-corrected chi connectivity index (χ4v) is 2.34. The van der Waals surface area contributed by atoms with Crippen LogP contribution in [0.1, 0.15) is 37.5 Å². The molecule has 1 atom stereocenters. The van der Waals surface area contributed by atoms with E-state index in [2.05, 4.69) is 20.4 Å². The lowest BCUT2D eigenvalue weighted by molar-refractivity contribution is 0.401. The van der Waals surface area contributed by atoms with Crippen molar-refractivity contribution >= 4 is 11.6 Å². The molecule has 100 valence electrons. The van der Waals surface area contributed by atoms with Gasteiger partial charge in [-0.05, 0) is 31.5 Å². The van der Waals surface area contributed by atoms with E-state index in [1.165, 1.54) is 19.3 Å². The summed E-state index contributed by atoms with van der Waals surface area (Å²) in [5.41, 5.74) is 0.650. The summed E-state index contributed by atoms with van der Waals surface area (Å²) in [7, 11) is 0. The normalized spacial score (nSPS) is 20.2. The predicted octanol–water partition coefficient (Wildman–Crippen LogP) is 2.99. The molecule has 2 aromatic rings. The number of pyridine rings is 1. The fraction of sp³-hybridized carbons (Fsp3) is 0.462. The van der Waals surface area contributed by atoms with Crippen LogP contribution in [0.5, 0.6) is 0 Å². The Kier molecular flexibility index (Phi) is 3.75. The average molecular weight is 279 g/mol. The molecule has 0 radical (unpaired) electrons. The Balaban J connectivity index is 1.80. The molecule has 6 heteroatoms. The minimum atomic E-state index is 0.187. The van der Waals surface area contributed by atoms with E-state index >= 15 is 0 Å². The van der Waals surface area contributed by atoms with Gasteiger partial charge in [0.15, 0.2) is 5.82 Å². The molecule has 0 saturated carbocycles. The van der Waals surface area contributed by atoms with E-state index in [9.17, 15) is 0 Å². The van der Waals surface area contributed by atoms with Crippen LogP contribution in [0.25, 0.3) is 11.6 Å². The lowest BCUT2D eigenvalue weighted by Crippen LogP contribution is -2.21. The van der Waals surface area contributed by atoms with Gasteiger partial charge in [0.1, 0.15) is 5.69 Å². The summed E-state index contributed by atoms with van der Waals surface area (Å²) in [6.07, 6.45) is 6.28. The van der Waals surface area contributed by atoms with Crippen molar-refractivity contribution in [2.45, 2.75) is 31.7 Å². The average Bonchev–Trinajstić information content (AvgIpc) is 2.76. The molecular weight excluding hydrogens is 264 g/mol. The van der Waals surface area contributed by atoms with Crippen molar-refractivity contribution in [3.05, 3.63) is 29.2 Å². The van der Waals surface area contributed by atoms with Crippen molar-refractivity contribution in [3.63, 3.8) is 0 Å². The Morgan fingerprint density at radius 3 is 3.05 bits per heavy atom. The van der Waals surface area contributed by atoms with E-state index in [4.69, 9.17) is 16.1 Å². The zero-order valence-corrected chi connectivity index (χ0v) is 11.2. The number of hydrogen-bond acceptors (Lipinski definition) is 5. The molecule has 1 unspecified atom stereocenters. The third-order valence-corrected chi connectivity index (χ3v) is 3.48. The summed E-state index contributed by atoms with van der Waals surface area (Å²) in [4.78, 5) is 8.61. The van der Waals surface area contributed by atoms with Crippen LogP contribution in [0.4, 0.5) is 0 Å². The lowest BCUT2D eigenvalue weighted by atomic mass is 10.1. The number of nitrogens with one attached hydrogen (secondary N) is 1. The van der Waals surface area contributed by atoms with Gasteiger partial charge in [0, 0.05) is 6.20 Å². The summed E-state index contributed by atoms with van der Waals surface area (Å²) < 4.78 is 5.28. The van der Waals surface area contributed by atoms with Crippen molar-refractivity contribution in [1.82, 2.24) is 20.4 Å². The highest BCUT2D eigenvalue weighted by Gasteiger charge is 2.20. The summed E-state index contributed by atoms with van der Waals surface area (Å²) in [5.74, 6) is 1.16. The number of aromatic nitrogens is 3. The van der Waals surface area contributed by atoms with Crippen LogP contribution in [0.3, 0.4) is 0 Å². The maximum Gasteiger partial charge on any atom is 0.276 e. The molecule has 1 aliphatic heterocycles. The molecule has 5 nitrogen and oxygen atoms in total. The summed E-state index contributed by atoms with van der Waals surface area (Å²) in [6.45, 7) is 1.01. The first-order chi connectivity index (χ1) is 9.33.